The molecule has 7 heterocycles. The molecule has 8 amide bonds. The lowest BCUT2D eigenvalue weighted by molar-refractivity contribution is -0.333. The number of benzene rings is 5. The summed E-state index contributed by atoms with van der Waals surface area (Å²) in [5.74, 6) is -14.5. The van der Waals surface area contributed by atoms with E-state index < -0.39 is 220 Å². The summed E-state index contributed by atoms with van der Waals surface area (Å²) in [4.78, 5) is 118. The Balaban J connectivity index is 1.24. The third kappa shape index (κ3) is 16.4. The normalized spacial score (nSPS) is 29.1. The molecule has 5 aromatic rings. The number of phenols is 3. The molecule has 103 heavy (non-hydrogen) atoms. The summed E-state index contributed by atoms with van der Waals surface area (Å²) >= 11 is 14.2. The monoisotopic (exact) mass is 1470 g/mol. The largest absolute Gasteiger partial charge is 0.508 e. The van der Waals surface area contributed by atoms with Crippen molar-refractivity contribution < 1.29 is 113 Å². The minimum Gasteiger partial charge on any atom is -0.508 e. The molecule has 0 aromatic heterocycles. The summed E-state index contributed by atoms with van der Waals surface area (Å²) in [6, 6.07) is 0.471. The molecule has 1 unspecified atom stereocenters. The van der Waals surface area contributed by atoms with Gasteiger partial charge in [0.05, 0.1) is 41.3 Å². The molecule has 2 fully saturated rings. The zero-order valence-corrected chi connectivity index (χ0v) is 57.6. The number of aliphatic hydroxyl groups is 6. The van der Waals surface area contributed by atoms with Gasteiger partial charge in [0, 0.05) is 35.7 Å². The van der Waals surface area contributed by atoms with E-state index in [1.807, 2.05) is 13.8 Å². The van der Waals surface area contributed by atoms with Gasteiger partial charge in [-0.15, -0.1) is 0 Å². The first kappa shape index (κ1) is 76.4. The van der Waals surface area contributed by atoms with Crippen LogP contribution in [-0.2, 0) is 52.6 Å². The van der Waals surface area contributed by atoms with Crippen LogP contribution in [0, 0.1) is 5.92 Å². The van der Waals surface area contributed by atoms with Gasteiger partial charge in [-0.1, -0.05) is 55.2 Å². The Morgan fingerprint density at radius 3 is 1.92 bits per heavy atom. The van der Waals surface area contributed by atoms with Gasteiger partial charge in [-0.05, 0) is 123 Å². The van der Waals surface area contributed by atoms with Crippen LogP contribution in [-0.4, -0.2) is 192 Å². The van der Waals surface area contributed by atoms with Gasteiger partial charge in [-0.3, -0.25) is 38.4 Å². The first-order valence-electron chi connectivity index (χ1n) is 32.7. The second-order valence-electron chi connectivity index (χ2n) is 26.3. The van der Waals surface area contributed by atoms with Crippen molar-refractivity contribution in [3.8, 4) is 57.1 Å². The number of aliphatic hydroxyl groups excluding tert-OH is 6. The van der Waals surface area contributed by atoms with Crippen molar-refractivity contribution in [1.29, 1.82) is 0 Å². The predicted molar refractivity (Wildman–Crippen MR) is 360 cm³/mol. The summed E-state index contributed by atoms with van der Waals surface area (Å²) in [5.41, 5.74) is 8.63. The highest BCUT2D eigenvalue weighted by molar-refractivity contribution is 6.32. The number of hydrogen-bond acceptors (Lipinski definition) is 25. The fourth-order valence-electron chi connectivity index (χ4n) is 12.8. The Morgan fingerprint density at radius 2 is 1.33 bits per heavy atom. The van der Waals surface area contributed by atoms with Crippen LogP contribution in [0.2, 0.25) is 10.0 Å². The number of carbonyl (C=O) groups excluding carboxylic acids is 8. The number of ether oxygens (including phenoxy) is 6. The van der Waals surface area contributed by atoms with Gasteiger partial charge in [-0.2, -0.15) is 0 Å². The number of nitrogens with one attached hydrogen (secondary N) is 8. The van der Waals surface area contributed by atoms with Gasteiger partial charge in [0.25, 0.3) is 0 Å². The molecule has 18 atom stereocenters. The van der Waals surface area contributed by atoms with Crippen LogP contribution < -0.4 is 68.2 Å². The number of amides is 8. The van der Waals surface area contributed by atoms with Crippen LogP contribution in [0.3, 0.4) is 0 Å². The Bertz CT molecular complexity index is 4110. The fourth-order valence-corrected chi connectivity index (χ4v) is 13.2. The van der Waals surface area contributed by atoms with Crippen LogP contribution in [0.4, 0.5) is 0 Å². The van der Waals surface area contributed by atoms with Gasteiger partial charge in [0.15, 0.2) is 23.9 Å². The zero-order chi connectivity index (χ0) is 75.0. The van der Waals surface area contributed by atoms with E-state index in [1.54, 1.807) is 6.92 Å². The number of likely N-dealkylation sites (N-methyl/N-ethyl adjacent to an activating group) is 2. The number of carbonyl (C=O) groups is 8. The van der Waals surface area contributed by atoms with Crippen LogP contribution in [0.1, 0.15) is 112 Å². The first-order valence-corrected chi connectivity index (χ1v) is 33.5. The molecule has 554 valence electrons. The Hall–Kier alpha value is -9.20. The lowest BCUT2D eigenvalue weighted by Crippen LogP contribution is -2.64. The van der Waals surface area contributed by atoms with E-state index in [-0.39, 0.29) is 69.6 Å². The third-order valence-electron chi connectivity index (χ3n) is 18.1. The number of primary amides is 1. The van der Waals surface area contributed by atoms with Crippen LogP contribution in [0.25, 0.3) is 11.1 Å². The molecule has 35 heteroatoms. The molecule has 0 saturated carbocycles. The molecule has 33 nitrogen and oxygen atoms in total. The molecule has 12 rings (SSSR count). The molecule has 11 bridgehead atoms. The highest BCUT2D eigenvalue weighted by Crippen LogP contribution is 2.50. The molecule has 7 aliphatic heterocycles. The molecular weight excluding hydrogens is 1400 g/mol. The van der Waals surface area contributed by atoms with Crippen molar-refractivity contribution >= 4 is 70.5 Å². The van der Waals surface area contributed by atoms with Gasteiger partial charge in [0.2, 0.25) is 59.3 Å². The maximum Gasteiger partial charge on any atom is 0.248 e. The van der Waals surface area contributed by atoms with Crippen LogP contribution in [0.5, 0.6) is 46.0 Å². The maximum atomic E-state index is 16.1. The number of aromatic hydroxyl groups is 3. The number of halogens is 2. The van der Waals surface area contributed by atoms with Crippen molar-refractivity contribution in [2.45, 2.75) is 163 Å². The number of fused-ring (bicyclic) bond motifs is 15. The molecule has 0 aliphatic carbocycles. The van der Waals surface area contributed by atoms with E-state index in [0.29, 0.717) is 0 Å². The Kier molecular flexibility index (Phi) is 23.3. The standard InChI is InChI=1S/C68H80Cl2N10O23/c1-7-74-62(93)50-33-20-31(82)21-39(84)47(33)32-15-27(8-11-38(32)83)48-63(94)80-52(66(97)78-50)54(87)29-10-13-41(35(70)17-29)100-43-19-30-18-42(57(43)103-67-58(56(89)55(88)44(24-81)101-67)102-46-23-68(5,72)59(90)26(4)98-46)99-40-12-9-28(16-34(40)69)53(86)51(79-60(91)36(73-6)14-25(2)3)65(96)75-37(22-45(71)85)61(92)76-49(30)64(95)77-48/h8-13,15-21,25-26,36-37,44,46,48-56,58-59,67,73,81-84,86-90H,7,14,22-24,72H2,1-6H3,(H2,71,85)(H,74,93)(H,75,96)(H,76,92)(H,77,95)(H,78,97)(H,79,91)(H,80,94)/t26-,36+,37-,44+,46-,48+,49+,50-,51?,52-,53+,54+,55+,56-,58+,59+,67-,68-/m0/s1. The van der Waals surface area contributed by atoms with Gasteiger partial charge in [0.1, 0.15) is 95.5 Å². The lowest BCUT2D eigenvalue weighted by atomic mass is 9.86. The zero-order valence-electron chi connectivity index (χ0n) is 56.1. The fraction of sp³-hybridized carbons (Fsp3) is 0.441. The molecular formula is C68H80Cl2N10O23. The van der Waals surface area contributed by atoms with E-state index in [2.05, 4.69) is 42.5 Å². The molecule has 5 aromatic carbocycles. The maximum absolute atomic E-state index is 16.1. The van der Waals surface area contributed by atoms with Gasteiger partial charge in [-0.25, -0.2) is 0 Å². The molecule has 0 radical (unpaired) electrons. The Labute approximate surface area is 597 Å². The van der Waals surface area contributed by atoms with Crippen molar-refractivity contribution in [2.75, 3.05) is 20.2 Å². The van der Waals surface area contributed by atoms with Crippen molar-refractivity contribution in [2.24, 2.45) is 17.4 Å². The minimum absolute atomic E-state index is 0.0452. The average molecular weight is 1480 g/mol. The Morgan fingerprint density at radius 1 is 0.718 bits per heavy atom. The summed E-state index contributed by atoms with van der Waals surface area (Å²) in [7, 11) is 1.48. The van der Waals surface area contributed by atoms with Gasteiger partial charge >= 0.3 is 0 Å². The average Bonchev–Trinajstić information content (AvgIpc) is 0.772. The van der Waals surface area contributed by atoms with E-state index in [9.17, 15) is 65.1 Å². The number of hydrogen-bond donors (Lipinski definition) is 19. The number of nitrogens with two attached hydrogens (primary N) is 2. The SMILES string of the molecule is CCNC(=O)[C@H]1NC(=O)[C@H]2NC(=O)[C@H](NC(=O)[C@@H]3NC(=O)[C@H](CC(N)=O)NC(=O)C(NC(=O)[C@@H](CC(C)C)NC)[C@H](O)c4ccc(c(Cl)c4)Oc4cc3cc(c4O[C@@H]3O[C@H](CO)[C@@H](O)[C@H](O)[C@H]3O[C@H]3C[C@](C)(N)[C@H](O)[C@H](C)O3)Oc3ccc(cc3Cl)[C@H]2O)c2ccc(O)c(c2)-c2c(O)cc(O)cc21. The molecule has 21 N–H and O–H groups in total. The molecule has 0 spiro atoms. The van der Waals surface area contributed by atoms with Crippen molar-refractivity contribution in [3.05, 3.63) is 117 Å². The highest BCUT2D eigenvalue weighted by atomic mass is 35.5. The lowest BCUT2D eigenvalue weighted by Gasteiger charge is -2.47. The molecule has 2 saturated heterocycles. The topological polar surface area (TPSA) is 522 Å². The second kappa shape index (κ2) is 31.4. The van der Waals surface area contributed by atoms with Crippen molar-refractivity contribution in [3.63, 3.8) is 0 Å². The van der Waals surface area contributed by atoms with Gasteiger partial charge < -0.3 is 128 Å². The summed E-state index contributed by atoms with van der Waals surface area (Å²) in [6.45, 7) is 7.20. The highest BCUT2D eigenvalue weighted by Gasteiger charge is 2.51. The first-order chi connectivity index (χ1) is 48.7. The minimum atomic E-state index is -2.33. The van der Waals surface area contributed by atoms with Crippen LogP contribution in [0.15, 0.2) is 78.9 Å². The summed E-state index contributed by atoms with van der Waals surface area (Å²) in [5, 5.41) is 124. The van der Waals surface area contributed by atoms with E-state index in [4.69, 9.17) is 63.1 Å². The van der Waals surface area contributed by atoms with E-state index in [0.717, 1.165) is 60.7 Å². The number of rotatable bonds is 14. The number of phenolic OH excluding ortho intramolecular Hbond substituents is 3. The van der Waals surface area contributed by atoms with Crippen molar-refractivity contribution in [1.82, 2.24) is 42.5 Å². The summed E-state index contributed by atoms with van der Waals surface area (Å²) < 4.78 is 38.5. The second-order valence-corrected chi connectivity index (χ2v) is 27.1. The van der Waals surface area contributed by atoms with Crippen LogP contribution >= 0.6 is 23.2 Å². The van der Waals surface area contributed by atoms with E-state index in [1.165, 1.54) is 39.1 Å². The smallest absolute Gasteiger partial charge is 0.248 e. The quantitative estimate of drug-likeness (QED) is 0.0704. The summed E-state index contributed by atoms with van der Waals surface area (Å²) in [6.07, 6.45) is -18.4. The predicted octanol–water partition coefficient (Wildman–Crippen LogP) is 0.158. The van der Waals surface area contributed by atoms with E-state index >= 15 is 19.2 Å². The molecule has 7 aliphatic rings. The third-order valence-corrected chi connectivity index (χ3v) is 18.7.